The fourth-order valence-corrected chi connectivity index (χ4v) is 4.67. The molecule has 6 nitrogen and oxygen atoms in total. The molecule has 2 aliphatic rings. The molecule has 2 aromatic rings. The van der Waals surface area contributed by atoms with Crippen molar-refractivity contribution in [3.05, 3.63) is 71.5 Å². The van der Waals surface area contributed by atoms with Crippen molar-refractivity contribution in [3.8, 4) is 18.2 Å². The Morgan fingerprint density at radius 1 is 1.00 bits per heavy atom. The zero-order chi connectivity index (χ0) is 21.6. The summed E-state index contributed by atoms with van der Waals surface area (Å²) in [5.41, 5.74) is -2.59. The topological polar surface area (TPSA) is 114 Å². The lowest BCUT2D eigenvalue weighted by atomic mass is 9.53. The zero-order valence-electron chi connectivity index (χ0n) is 16.1. The first-order chi connectivity index (χ1) is 14.4. The summed E-state index contributed by atoms with van der Waals surface area (Å²) >= 11 is 0. The van der Waals surface area contributed by atoms with Gasteiger partial charge >= 0.3 is 0 Å². The summed E-state index contributed by atoms with van der Waals surface area (Å²) < 4.78 is 25.7. The summed E-state index contributed by atoms with van der Waals surface area (Å²) in [4.78, 5) is 0. The highest BCUT2D eigenvalue weighted by atomic mass is 19.1. The maximum atomic E-state index is 13.5. The molecule has 2 fully saturated rings. The van der Waals surface area contributed by atoms with Gasteiger partial charge in [0.15, 0.2) is 10.8 Å². The molecule has 30 heavy (non-hydrogen) atoms. The number of nitriles is 3. The summed E-state index contributed by atoms with van der Waals surface area (Å²) in [6.45, 7) is 1.62. The number of fused-ring (bicyclic) bond motifs is 2. The molecule has 4 unspecified atom stereocenters. The summed E-state index contributed by atoms with van der Waals surface area (Å²) in [5.74, 6) is -3.39. The Morgan fingerprint density at radius 3 is 2.20 bits per heavy atom. The van der Waals surface area contributed by atoms with Crippen LogP contribution in [0, 0.1) is 62.0 Å². The van der Waals surface area contributed by atoms with Gasteiger partial charge in [0.1, 0.15) is 11.9 Å². The fraction of sp³-hybridized carbons (Fsp3) is 0.304. The van der Waals surface area contributed by atoms with Crippen molar-refractivity contribution < 1.29 is 13.9 Å². The second-order valence-corrected chi connectivity index (χ2v) is 7.57. The number of nitrogens with one attached hydrogen (secondary N) is 1. The Morgan fingerprint density at radius 2 is 1.63 bits per heavy atom. The van der Waals surface area contributed by atoms with E-state index >= 15 is 0 Å². The summed E-state index contributed by atoms with van der Waals surface area (Å²) in [6, 6.07) is 20.7. The summed E-state index contributed by atoms with van der Waals surface area (Å²) in [5, 5.41) is 39.0. The molecule has 0 amide bonds. The highest BCUT2D eigenvalue weighted by molar-refractivity contribution is 5.89. The largest absolute Gasteiger partial charge is 0.443 e. The molecule has 148 valence electrons. The number of rotatable bonds is 3. The third-order valence-corrected chi connectivity index (χ3v) is 6.29. The molecule has 2 saturated heterocycles. The Bertz CT molecular complexity index is 1120. The van der Waals surface area contributed by atoms with Crippen LogP contribution in [0.3, 0.4) is 0 Å². The molecular formula is C23H17FN4O2. The molecule has 0 saturated carbocycles. The Kier molecular flexibility index (Phi) is 4.35. The van der Waals surface area contributed by atoms with Gasteiger partial charge in [0, 0.05) is 12.0 Å². The van der Waals surface area contributed by atoms with Crippen LogP contribution in [0.1, 0.15) is 18.1 Å². The first-order valence-corrected chi connectivity index (χ1v) is 9.40. The van der Waals surface area contributed by atoms with E-state index in [-0.39, 0.29) is 6.42 Å². The smallest absolute Gasteiger partial charge is 0.243 e. The van der Waals surface area contributed by atoms with E-state index in [0.717, 1.165) is 5.56 Å². The minimum Gasteiger partial charge on any atom is -0.443 e. The molecule has 4 rings (SSSR count). The van der Waals surface area contributed by atoms with Crippen LogP contribution in [0.25, 0.3) is 0 Å². The maximum Gasteiger partial charge on any atom is 0.243 e. The molecule has 4 atom stereocenters. The van der Waals surface area contributed by atoms with E-state index in [4.69, 9.17) is 14.9 Å². The highest BCUT2D eigenvalue weighted by Gasteiger charge is 2.79. The van der Waals surface area contributed by atoms with Crippen LogP contribution < -0.4 is 0 Å². The Balaban J connectivity index is 1.94. The summed E-state index contributed by atoms with van der Waals surface area (Å²) in [7, 11) is 0. The van der Waals surface area contributed by atoms with Gasteiger partial charge in [-0.25, -0.2) is 4.39 Å². The van der Waals surface area contributed by atoms with Crippen LogP contribution in [0.5, 0.6) is 0 Å². The first-order valence-electron chi connectivity index (χ1n) is 9.40. The van der Waals surface area contributed by atoms with Gasteiger partial charge in [0.2, 0.25) is 11.7 Å². The van der Waals surface area contributed by atoms with Gasteiger partial charge in [-0.2, -0.15) is 15.8 Å². The minimum absolute atomic E-state index is 0.164. The second kappa shape index (κ2) is 6.66. The quantitative estimate of drug-likeness (QED) is 0.842. The van der Waals surface area contributed by atoms with Crippen molar-refractivity contribution >= 4 is 5.90 Å². The van der Waals surface area contributed by atoms with Crippen LogP contribution in [0.2, 0.25) is 0 Å². The van der Waals surface area contributed by atoms with E-state index in [0.29, 0.717) is 5.56 Å². The Labute approximate surface area is 173 Å². The molecule has 1 N–H and O–H groups in total. The number of ether oxygens (including phenoxy) is 2. The lowest BCUT2D eigenvalue weighted by Crippen LogP contribution is -2.61. The SMILES string of the molecule is CC1C2(c3ccc(F)cc3)OC(=N)C1(C#N)C(C#N)(C#N)C(Cc1ccccc1)O2. The van der Waals surface area contributed by atoms with E-state index < -0.39 is 40.4 Å². The van der Waals surface area contributed by atoms with Gasteiger partial charge in [0.25, 0.3) is 0 Å². The lowest BCUT2D eigenvalue weighted by molar-refractivity contribution is -0.285. The van der Waals surface area contributed by atoms with Crippen LogP contribution >= 0.6 is 0 Å². The minimum atomic E-state index is -1.96. The van der Waals surface area contributed by atoms with Gasteiger partial charge in [-0.05, 0) is 29.8 Å². The zero-order valence-corrected chi connectivity index (χ0v) is 16.1. The van der Waals surface area contributed by atoms with Gasteiger partial charge in [0.05, 0.1) is 24.1 Å². The molecule has 0 spiro atoms. The second-order valence-electron chi connectivity index (χ2n) is 7.57. The molecule has 2 aliphatic heterocycles. The average molecular weight is 400 g/mol. The van der Waals surface area contributed by atoms with E-state index in [1.807, 2.05) is 42.5 Å². The monoisotopic (exact) mass is 400 g/mol. The van der Waals surface area contributed by atoms with Gasteiger partial charge in [-0.15, -0.1) is 0 Å². The molecule has 2 bridgehead atoms. The van der Waals surface area contributed by atoms with E-state index in [1.165, 1.54) is 24.3 Å². The highest BCUT2D eigenvalue weighted by Crippen LogP contribution is 2.65. The van der Waals surface area contributed by atoms with Crippen molar-refractivity contribution in [2.75, 3.05) is 0 Å². The van der Waals surface area contributed by atoms with Crippen molar-refractivity contribution in [1.29, 1.82) is 21.2 Å². The normalized spacial score (nSPS) is 31.1. The first kappa shape index (κ1) is 19.6. The Hall–Kier alpha value is -3.73. The number of halogens is 1. The predicted octanol–water partition coefficient (Wildman–Crippen LogP) is 3.81. The van der Waals surface area contributed by atoms with Crippen molar-refractivity contribution in [3.63, 3.8) is 0 Å². The van der Waals surface area contributed by atoms with Gasteiger partial charge in [-0.3, -0.25) is 5.41 Å². The number of hydrogen-bond donors (Lipinski definition) is 1. The fourth-order valence-electron chi connectivity index (χ4n) is 4.67. The third kappa shape index (κ3) is 2.26. The average Bonchev–Trinajstić information content (AvgIpc) is 2.92. The van der Waals surface area contributed by atoms with Crippen LogP contribution in [-0.4, -0.2) is 12.0 Å². The molecule has 0 radical (unpaired) electrons. The molecular weight excluding hydrogens is 383 g/mol. The van der Waals surface area contributed by atoms with Crippen LogP contribution in [-0.2, 0) is 21.7 Å². The molecule has 7 heteroatoms. The van der Waals surface area contributed by atoms with E-state index in [1.54, 1.807) is 6.92 Å². The van der Waals surface area contributed by atoms with Crippen molar-refractivity contribution in [2.24, 2.45) is 16.7 Å². The van der Waals surface area contributed by atoms with E-state index in [2.05, 4.69) is 6.07 Å². The number of benzene rings is 2. The van der Waals surface area contributed by atoms with Gasteiger partial charge in [-0.1, -0.05) is 37.3 Å². The van der Waals surface area contributed by atoms with E-state index in [9.17, 15) is 20.2 Å². The molecule has 0 aromatic heterocycles. The number of hydrogen-bond acceptors (Lipinski definition) is 6. The lowest BCUT2D eigenvalue weighted by Gasteiger charge is -2.48. The standard InChI is InChI=1S/C23H17FN4O2/c1-15-22(14-27)20(28)30-23(15,17-7-9-18(24)10-8-17)29-19(21(22,12-25)13-26)11-16-5-3-2-4-6-16/h2-10,15,19,28H,11H2,1H3. The maximum absolute atomic E-state index is 13.5. The molecule has 2 aromatic carbocycles. The van der Waals surface area contributed by atoms with Crippen molar-refractivity contribution in [2.45, 2.75) is 25.2 Å². The third-order valence-electron chi connectivity index (χ3n) is 6.29. The predicted molar refractivity (Wildman–Crippen MR) is 103 cm³/mol. The summed E-state index contributed by atoms with van der Waals surface area (Å²) in [6.07, 6.45) is -0.892. The molecule has 0 aliphatic carbocycles. The van der Waals surface area contributed by atoms with Crippen LogP contribution in [0.4, 0.5) is 4.39 Å². The van der Waals surface area contributed by atoms with Gasteiger partial charge < -0.3 is 9.47 Å². The number of nitrogens with zero attached hydrogens (tertiary/aromatic N) is 3. The van der Waals surface area contributed by atoms with Crippen molar-refractivity contribution in [1.82, 2.24) is 0 Å². The van der Waals surface area contributed by atoms with Crippen LogP contribution in [0.15, 0.2) is 54.6 Å². The molecule has 2 heterocycles.